The molecule has 1 aromatic carbocycles. The SMILES string of the molecule is O=Cc1cc(O)cc(C#CC(=O)O)c1O. The standard InChI is InChI=1S/C10H6O5/c11-5-7-4-8(12)3-6(10(7)15)1-2-9(13)14/h3-5,12,15H,(H,13,14). The van der Waals surface area contributed by atoms with Crippen LogP contribution in [0.1, 0.15) is 15.9 Å². The molecule has 15 heavy (non-hydrogen) atoms. The van der Waals surface area contributed by atoms with Crippen LogP contribution in [0.15, 0.2) is 12.1 Å². The summed E-state index contributed by atoms with van der Waals surface area (Å²) in [5.41, 5.74) is -0.260. The highest BCUT2D eigenvalue weighted by atomic mass is 16.4. The maximum atomic E-state index is 10.4. The summed E-state index contributed by atoms with van der Waals surface area (Å²) in [5.74, 6) is 1.78. The van der Waals surface area contributed by atoms with Gasteiger partial charge in [-0.3, -0.25) is 4.79 Å². The van der Waals surface area contributed by atoms with Crippen molar-refractivity contribution in [3.63, 3.8) is 0 Å². The van der Waals surface area contributed by atoms with Crippen LogP contribution < -0.4 is 0 Å². The zero-order valence-electron chi connectivity index (χ0n) is 7.39. The van der Waals surface area contributed by atoms with Crippen molar-refractivity contribution in [2.75, 3.05) is 0 Å². The topological polar surface area (TPSA) is 94.8 Å². The second kappa shape index (κ2) is 4.15. The van der Waals surface area contributed by atoms with Gasteiger partial charge in [0.2, 0.25) is 0 Å². The van der Waals surface area contributed by atoms with Gasteiger partial charge in [0.25, 0.3) is 0 Å². The zero-order valence-corrected chi connectivity index (χ0v) is 7.39. The predicted octanol–water partition coefficient (Wildman–Crippen LogP) is 0.346. The summed E-state index contributed by atoms with van der Waals surface area (Å²) < 4.78 is 0. The highest BCUT2D eigenvalue weighted by Crippen LogP contribution is 2.25. The molecule has 0 saturated heterocycles. The lowest BCUT2D eigenvalue weighted by Crippen LogP contribution is -1.89. The number of aldehydes is 1. The summed E-state index contributed by atoms with van der Waals surface area (Å²) in [6.07, 6.45) is 0.334. The summed E-state index contributed by atoms with van der Waals surface area (Å²) in [7, 11) is 0. The number of hydrogen-bond donors (Lipinski definition) is 3. The third-order valence-electron chi connectivity index (χ3n) is 1.56. The van der Waals surface area contributed by atoms with Crippen LogP contribution in [0.3, 0.4) is 0 Å². The average molecular weight is 206 g/mol. The van der Waals surface area contributed by atoms with Crippen molar-refractivity contribution in [1.29, 1.82) is 0 Å². The predicted molar refractivity (Wildman–Crippen MR) is 49.7 cm³/mol. The lowest BCUT2D eigenvalue weighted by Gasteiger charge is -2.01. The van der Waals surface area contributed by atoms with Crippen LogP contribution >= 0.6 is 0 Å². The quantitative estimate of drug-likeness (QED) is 0.350. The number of phenols is 2. The fourth-order valence-electron chi connectivity index (χ4n) is 0.947. The maximum absolute atomic E-state index is 10.4. The third kappa shape index (κ3) is 2.48. The molecular weight excluding hydrogens is 200 g/mol. The molecule has 0 amide bonds. The van der Waals surface area contributed by atoms with Crippen molar-refractivity contribution < 1.29 is 24.9 Å². The van der Waals surface area contributed by atoms with Gasteiger partial charge in [0.1, 0.15) is 11.5 Å². The van der Waals surface area contributed by atoms with Gasteiger partial charge in [-0.05, 0) is 12.1 Å². The van der Waals surface area contributed by atoms with Crippen molar-refractivity contribution in [3.05, 3.63) is 23.3 Å². The van der Waals surface area contributed by atoms with E-state index in [0.717, 1.165) is 12.1 Å². The van der Waals surface area contributed by atoms with Crippen LogP contribution in [0.5, 0.6) is 11.5 Å². The largest absolute Gasteiger partial charge is 0.508 e. The minimum absolute atomic E-state index is 0.112. The molecule has 0 unspecified atom stereocenters. The number of carboxylic acid groups (broad SMARTS) is 1. The van der Waals surface area contributed by atoms with Crippen LogP contribution in [0.25, 0.3) is 0 Å². The number of aromatic hydroxyl groups is 2. The van der Waals surface area contributed by atoms with E-state index in [-0.39, 0.29) is 16.9 Å². The van der Waals surface area contributed by atoms with Gasteiger partial charge in [0.05, 0.1) is 11.1 Å². The Bertz CT molecular complexity index is 479. The molecule has 5 heteroatoms. The van der Waals surface area contributed by atoms with E-state index in [1.165, 1.54) is 0 Å². The molecule has 0 saturated carbocycles. The number of hydrogen-bond acceptors (Lipinski definition) is 4. The Morgan fingerprint density at radius 3 is 2.53 bits per heavy atom. The Labute approximate surface area is 84.6 Å². The smallest absolute Gasteiger partial charge is 0.382 e. The first kappa shape index (κ1) is 10.6. The minimum Gasteiger partial charge on any atom is -0.508 e. The Kier molecular flexibility index (Phi) is 2.94. The van der Waals surface area contributed by atoms with E-state index in [1.807, 2.05) is 0 Å². The van der Waals surface area contributed by atoms with E-state index in [2.05, 4.69) is 5.92 Å². The van der Waals surface area contributed by atoms with Crippen LogP contribution in [0, 0.1) is 11.8 Å². The summed E-state index contributed by atoms with van der Waals surface area (Å²) in [6, 6.07) is 2.12. The van der Waals surface area contributed by atoms with Crippen molar-refractivity contribution in [1.82, 2.24) is 0 Å². The van der Waals surface area contributed by atoms with Gasteiger partial charge in [-0.15, -0.1) is 0 Å². The molecule has 0 aliphatic carbocycles. The molecule has 0 aliphatic heterocycles. The summed E-state index contributed by atoms with van der Waals surface area (Å²) in [4.78, 5) is 20.6. The zero-order chi connectivity index (χ0) is 11.4. The summed E-state index contributed by atoms with van der Waals surface area (Å²) in [5, 5.41) is 26.8. The number of rotatable bonds is 1. The van der Waals surface area contributed by atoms with Crippen LogP contribution in [-0.4, -0.2) is 27.6 Å². The van der Waals surface area contributed by atoms with Crippen LogP contribution in [-0.2, 0) is 4.79 Å². The molecule has 1 rings (SSSR count). The monoisotopic (exact) mass is 206 g/mol. The molecule has 76 valence electrons. The molecule has 0 spiro atoms. The number of carboxylic acids is 1. The number of benzene rings is 1. The average Bonchev–Trinajstić information content (AvgIpc) is 2.18. The highest BCUT2D eigenvalue weighted by Gasteiger charge is 2.07. The first-order valence-corrected chi connectivity index (χ1v) is 3.80. The number of carbonyl (C=O) groups is 2. The molecule has 0 atom stereocenters. The second-order valence-corrected chi connectivity index (χ2v) is 2.60. The van der Waals surface area contributed by atoms with Crippen molar-refractivity contribution in [2.24, 2.45) is 0 Å². The Balaban J connectivity index is 3.31. The van der Waals surface area contributed by atoms with Gasteiger partial charge in [0.15, 0.2) is 6.29 Å². The first-order valence-electron chi connectivity index (χ1n) is 3.80. The highest BCUT2D eigenvalue weighted by molar-refractivity contribution is 5.88. The fourth-order valence-corrected chi connectivity index (χ4v) is 0.947. The number of aliphatic carboxylic acids is 1. The molecule has 0 aliphatic rings. The van der Waals surface area contributed by atoms with E-state index < -0.39 is 11.7 Å². The van der Waals surface area contributed by atoms with Gasteiger partial charge < -0.3 is 15.3 Å². The number of phenolic OH excluding ortho intramolecular Hbond substituents is 2. The molecule has 3 N–H and O–H groups in total. The Morgan fingerprint density at radius 2 is 2.00 bits per heavy atom. The lowest BCUT2D eigenvalue weighted by atomic mass is 10.1. The maximum Gasteiger partial charge on any atom is 0.382 e. The van der Waals surface area contributed by atoms with E-state index in [4.69, 9.17) is 10.2 Å². The minimum atomic E-state index is -1.37. The van der Waals surface area contributed by atoms with E-state index in [9.17, 15) is 14.7 Å². The normalized spacial score (nSPS) is 8.80. The molecular formula is C10H6O5. The van der Waals surface area contributed by atoms with E-state index >= 15 is 0 Å². The van der Waals surface area contributed by atoms with Gasteiger partial charge in [-0.1, -0.05) is 5.92 Å². The third-order valence-corrected chi connectivity index (χ3v) is 1.56. The van der Waals surface area contributed by atoms with Gasteiger partial charge in [-0.2, -0.15) is 0 Å². The molecule has 0 heterocycles. The van der Waals surface area contributed by atoms with E-state index in [1.54, 1.807) is 5.92 Å². The van der Waals surface area contributed by atoms with Crippen molar-refractivity contribution in [3.8, 4) is 23.3 Å². The summed E-state index contributed by atoms with van der Waals surface area (Å²) in [6.45, 7) is 0. The van der Waals surface area contributed by atoms with E-state index in [0.29, 0.717) is 6.29 Å². The Hall–Kier alpha value is -2.48. The number of carbonyl (C=O) groups excluding carboxylic acids is 1. The molecule has 0 radical (unpaired) electrons. The Morgan fingerprint density at radius 1 is 1.33 bits per heavy atom. The first-order chi connectivity index (χ1) is 7.04. The molecule has 1 aromatic rings. The van der Waals surface area contributed by atoms with Gasteiger partial charge >= 0.3 is 5.97 Å². The fraction of sp³-hybridized carbons (Fsp3) is 0. The van der Waals surface area contributed by atoms with Gasteiger partial charge in [-0.25, -0.2) is 4.79 Å². The van der Waals surface area contributed by atoms with Crippen molar-refractivity contribution in [2.45, 2.75) is 0 Å². The molecule has 5 nitrogen and oxygen atoms in total. The summed E-state index contributed by atoms with van der Waals surface area (Å²) >= 11 is 0. The lowest BCUT2D eigenvalue weighted by molar-refractivity contribution is -0.130. The van der Waals surface area contributed by atoms with Gasteiger partial charge in [0, 0.05) is 5.92 Å². The van der Waals surface area contributed by atoms with Crippen molar-refractivity contribution >= 4 is 12.3 Å². The second-order valence-electron chi connectivity index (χ2n) is 2.60. The van der Waals surface area contributed by atoms with Crippen LogP contribution in [0.2, 0.25) is 0 Å². The molecule has 0 aromatic heterocycles. The molecule has 0 bridgehead atoms. The molecule has 0 fully saturated rings. The van der Waals surface area contributed by atoms with Crippen LogP contribution in [0.4, 0.5) is 0 Å².